The molecule has 1 atom stereocenters. The molecular weight excluding hydrogens is 233 g/mol. The Morgan fingerprint density at radius 3 is 2.42 bits per heavy atom. The molecule has 0 aliphatic rings. The first kappa shape index (κ1) is 16.1. The van der Waals surface area contributed by atoms with E-state index in [2.05, 4.69) is 4.74 Å². The van der Waals surface area contributed by atoms with Gasteiger partial charge in [-0.1, -0.05) is 0 Å². The van der Waals surface area contributed by atoms with E-state index < -0.39 is 27.2 Å². The molecule has 0 aromatic heterocycles. The van der Waals surface area contributed by atoms with Gasteiger partial charge < -0.3 is 9.29 Å². The molecule has 1 unspecified atom stereocenters. The SMILES string of the molecule is CCOCS(=O)(=O)NS(=O)[O-].[K+]. The van der Waals surface area contributed by atoms with Gasteiger partial charge in [-0.05, 0) is 6.92 Å². The van der Waals surface area contributed by atoms with E-state index >= 15 is 0 Å². The number of hydrogen-bond acceptors (Lipinski definition) is 5. The summed E-state index contributed by atoms with van der Waals surface area (Å²) in [5.41, 5.74) is 0. The first-order valence-electron chi connectivity index (χ1n) is 2.65. The van der Waals surface area contributed by atoms with Crippen LogP contribution in [-0.2, 0) is 26.0 Å². The van der Waals surface area contributed by atoms with Gasteiger partial charge in [-0.3, -0.25) is 4.21 Å². The molecule has 0 rings (SSSR count). The Balaban J connectivity index is 0. The van der Waals surface area contributed by atoms with Crippen molar-refractivity contribution in [3.05, 3.63) is 0 Å². The number of ether oxygens (including phenoxy) is 1. The molecule has 12 heavy (non-hydrogen) atoms. The van der Waals surface area contributed by atoms with E-state index in [9.17, 15) is 17.2 Å². The average molecular weight is 241 g/mol. The molecule has 0 aromatic rings. The van der Waals surface area contributed by atoms with Crippen LogP contribution in [-0.4, -0.2) is 29.7 Å². The summed E-state index contributed by atoms with van der Waals surface area (Å²) < 4.78 is 46.6. The zero-order valence-corrected chi connectivity index (χ0v) is 11.5. The van der Waals surface area contributed by atoms with Gasteiger partial charge >= 0.3 is 51.4 Å². The Kier molecular flexibility index (Phi) is 10.7. The molecule has 0 spiro atoms. The first-order chi connectivity index (χ1) is 4.98. The van der Waals surface area contributed by atoms with Crippen molar-refractivity contribution in [3.8, 4) is 0 Å². The van der Waals surface area contributed by atoms with E-state index in [1.807, 2.05) is 0 Å². The van der Waals surface area contributed by atoms with Crippen molar-refractivity contribution in [2.45, 2.75) is 6.92 Å². The normalized spacial score (nSPS) is 13.5. The maximum atomic E-state index is 10.6. The van der Waals surface area contributed by atoms with E-state index in [0.717, 1.165) is 0 Å². The Hall–Kier alpha value is 1.62. The van der Waals surface area contributed by atoms with Crippen LogP contribution in [0.25, 0.3) is 0 Å². The summed E-state index contributed by atoms with van der Waals surface area (Å²) in [4.78, 5) is 0. The van der Waals surface area contributed by atoms with Gasteiger partial charge in [0.15, 0.2) is 5.94 Å². The number of sulfonamides is 1. The standard InChI is InChI=1S/C3H9NO5S2.K/c1-2-9-3-11(7,8)4-10(5)6;/h4H,2-3H2,1H3,(H,5,6);/q;+1/p-1. The topological polar surface area (TPSA) is 95.5 Å². The van der Waals surface area contributed by atoms with Crippen molar-refractivity contribution >= 4 is 21.3 Å². The molecule has 0 aliphatic heterocycles. The molecule has 68 valence electrons. The van der Waals surface area contributed by atoms with E-state index in [-0.39, 0.29) is 58.0 Å². The van der Waals surface area contributed by atoms with Crippen molar-refractivity contribution in [3.63, 3.8) is 0 Å². The van der Waals surface area contributed by atoms with Gasteiger partial charge in [0.1, 0.15) is 0 Å². The maximum Gasteiger partial charge on any atom is 1.00 e. The second-order valence-corrected chi connectivity index (χ2v) is 4.14. The molecule has 1 N–H and O–H groups in total. The molecular formula is C3H8KNO5S2. The predicted molar refractivity (Wildman–Crippen MR) is 37.5 cm³/mol. The molecule has 0 radical (unpaired) electrons. The van der Waals surface area contributed by atoms with Crippen LogP contribution in [0, 0.1) is 0 Å². The summed E-state index contributed by atoms with van der Waals surface area (Å²) in [5.74, 6) is -0.641. The summed E-state index contributed by atoms with van der Waals surface area (Å²) in [6.45, 7) is 1.82. The van der Waals surface area contributed by atoms with Crippen LogP contribution in [0.15, 0.2) is 0 Å². The van der Waals surface area contributed by atoms with E-state index in [1.165, 1.54) is 4.13 Å². The minimum atomic E-state index is -3.83. The third-order valence-electron chi connectivity index (χ3n) is 0.638. The summed E-state index contributed by atoms with van der Waals surface area (Å²) in [7, 11) is -3.83. The summed E-state index contributed by atoms with van der Waals surface area (Å²) >= 11 is -2.81. The van der Waals surface area contributed by atoms with Crippen molar-refractivity contribution < 1.29 is 73.3 Å². The third kappa shape index (κ3) is 9.70. The van der Waals surface area contributed by atoms with Crippen LogP contribution < -0.4 is 55.5 Å². The molecule has 0 heterocycles. The zero-order chi connectivity index (χ0) is 8.91. The zero-order valence-electron chi connectivity index (χ0n) is 6.77. The van der Waals surface area contributed by atoms with Gasteiger partial charge in [0.25, 0.3) is 0 Å². The minimum absolute atomic E-state index is 0. The molecule has 0 amide bonds. The number of nitrogens with one attached hydrogen (secondary N) is 1. The fraction of sp³-hybridized carbons (Fsp3) is 1.00. The third-order valence-corrected chi connectivity index (χ3v) is 2.67. The van der Waals surface area contributed by atoms with Crippen LogP contribution in [0.2, 0.25) is 0 Å². The second kappa shape index (κ2) is 7.97. The van der Waals surface area contributed by atoms with Gasteiger partial charge in [0.2, 0.25) is 10.0 Å². The molecule has 0 fully saturated rings. The number of rotatable bonds is 5. The minimum Gasteiger partial charge on any atom is -0.759 e. The fourth-order valence-corrected chi connectivity index (χ4v) is 1.73. The molecule has 0 aliphatic carbocycles. The molecule has 0 saturated heterocycles. The van der Waals surface area contributed by atoms with E-state index in [1.54, 1.807) is 6.92 Å². The molecule has 0 aromatic carbocycles. The molecule has 0 bridgehead atoms. The predicted octanol–water partition coefficient (Wildman–Crippen LogP) is -4.30. The van der Waals surface area contributed by atoms with Gasteiger partial charge in [-0.2, -0.15) is 0 Å². The van der Waals surface area contributed by atoms with Gasteiger partial charge in [-0.25, -0.2) is 8.42 Å². The Morgan fingerprint density at radius 1 is 1.58 bits per heavy atom. The summed E-state index contributed by atoms with van der Waals surface area (Å²) in [6.07, 6.45) is 0. The quantitative estimate of drug-likeness (QED) is 0.388. The van der Waals surface area contributed by atoms with Crippen molar-refractivity contribution in [1.29, 1.82) is 0 Å². The van der Waals surface area contributed by atoms with Crippen LogP contribution in [0.4, 0.5) is 0 Å². The van der Waals surface area contributed by atoms with Gasteiger partial charge in [0.05, 0.1) is 0 Å². The van der Waals surface area contributed by atoms with Crippen molar-refractivity contribution in [1.82, 2.24) is 4.13 Å². The van der Waals surface area contributed by atoms with Crippen molar-refractivity contribution in [2.75, 3.05) is 12.5 Å². The average Bonchev–Trinajstić information content (AvgIpc) is 1.81. The van der Waals surface area contributed by atoms with Crippen LogP contribution in [0.5, 0.6) is 0 Å². The summed E-state index contributed by atoms with van der Waals surface area (Å²) in [6, 6.07) is 0. The van der Waals surface area contributed by atoms with E-state index in [0.29, 0.717) is 0 Å². The van der Waals surface area contributed by atoms with E-state index in [4.69, 9.17) is 0 Å². The monoisotopic (exact) mass is 241 g/mol. The summed E-state index contributed by atoms with van der Waals surface area (Å²) in [5, 5.41) is 0. The maximum absolute atomic E-state index is 10.6. The smallest absolute Gasteiger partial charge is 0.759 e. The largest absolute Gasteiger partial charge is 1.00 e. The molecule has 0 saturated carbocycles. The van der Waals surface area contributed by atoms with Crippen LogP contribution in [0.1, 0.15) is 6.92 Å². The fourth-order valence-electron chi connectivity index (χ4n) is 0.321. The number of hydrogen-bond donors (Lipinski definition) is 1. The molecule has 6 nitrogen and oxygen atoms in total. The Labute approximate surface area is 116 Å². The Morgan fingerprint density at radius 2 is 2.08 bits per heavy atom. The second-order valence-electron chi connectivity index (χ2n) is 1.54. The Bertz CT molecular complexity index is 227. The van der Waals surface area contributed by atoms with Crippen LogP contribution in [0.3, 0.4) is 0 Å². The first-order valence-corrected chi connectivity index (χ1v) is 5.38. The van der Waals surface area contributed by atoms with Gasteiger partial charge in [-0.15, -0.1) is 4.13 Å². The van der Waals surface area contributed by atoms with Gasteiger partial charge in [0, 0.05) is 17.9 Å². The van der Waals surface area contributed by atoms with Crippen molar-refractivity contribution in [2.24, 2.45) is 0 Å². The van der Waals surface area contributed by atoms with Crippen LogP contribution >= 0.6 is 0 Å². The molecule has 9 heteroatoms.